The van der Waals surface area contributed by atoms with Crippen molar-refractivity contribution in [1.29, 1.82) is 0 Å². The summed E-state index contributed by atoms with van der Waals surface area (Å²) in [5.41, 5.74) is 2.38. The number of rotatable bonds is 1. The van der Waals surface area contributed by atoms with E-state index in [1.807, 2.05) is 12.1 Å². The number of ether oxygens (including phenoxy) is 1. The van der Waals surface area contributed by atoms with Gasteiger partial charge < -0.3 is 20.1 Å². The third-order valence-electron chi connectivity index (χ3n) is 7.00. The average molecular weight is 318 g/mol. The van der Waals surface area contributed by atoms with E-state index in [4.69, 9.17) is 4.74 Å². The molecule has 23 heavy (non-hydrogen) atoms. The minimum absolute atomic E-state index is 0.154. The normalized spacial score (nSPS) is 41.8. The fraction of sp³-hybridized carbons (Fsp3) is 0.684. The third-order valence-corrected chi connectivity index (χ3v) is 7.00. The quantitative estimate of drug-likeness (QED) is 0.744. The zero-order chi connectivity index (χ0) is 16.4. The number of phenols is 1. The predicted molar refractivity (Wildman–Crippen MR) is 86.7 cm³/mol. The van der Waals surface area contributed by atoms with Crippen LogP contribution in [0.4, 0.5) is 0 Å². The Balaban J connectivity index is 1.72. The van der Waals surface area contributed by atoms with Crippen LogP contribution in [0.15, 0.2) is 12.1 Å². The lowest BCUT2D eigenvalue weighted by Crippen LogP contribution is -2.44. The molecule has 6 atom stereocenters. The van der Waals surface area contributed by atoms with Crippen molar-refractivity contribution in [3.63, 3.8) is 0 Å². The second-order valence-corrected chi connectivity index (χ2v) is 7.93. The topological polar surface area (TPSA) is 69.9 Å². The maximum absolute atomic E-state index is 10.5. The van der Waals surface area contributed by atoms with Gasteiger partial charge in [-0.05, 0) is 78.5 Å². The number of hydrogen-bond acceptors (Lipinski definition) is 4. The zero-order valence-corrected chi connectivity index (χ0v) is 13.8. The molecule has 0 amide bonds. The number of methoxy groups -OCH3 is 1. The second-order valence-electron chi connectivity index (χ2n) is 7.93. The van der Waals surface area contributed by atoms with Crippen LogP contribution in [0.5, 0.6) is 11.5 Å². The highest BCUT2D eigenvalue weighted by Crippen LogP contribution is 2.61. The van der Waals surface area contributed by atoms with Crippen molar-refractivity contribution in [1.82, 2.24) is 0 Å². The first-order valence-electron chi connectivity index (χ1n) is 8.71. The van der Waals surface area contributed by atoms with Gasteiger partial charge >= 0.3 is 0 Å². The van der Waals surface area contributed by atoms with Crippen LogP contribution < -0.4 is 4.74 Å². The van der Waals surface area contributed by atoms with Gasteiger partial charge in [0.05, 0.1) is 19.3 Å². The lowest BCUT2D eigenvalue weighted by atomic mass is 9.55. The van der Waals surface area contributed by atoms with Gasteiger partial charge in [0.25, 0.3) is 0 Å². The van der Waals surface area contributed by atoms with Crippen LogP contribution in [0.1, 0.15) is 49.7 Å². The van der Waals surface area contributed by atoms with Crippen molar-refractivity contribution in [2.24, 2.45) is 17.3 Å². The molecule has 0 unspecified atom stereocenters. The summed E-state index contributed by atoms with van der Waals surface area (Å²) in [5, 5.41) is 30.7. The van der Waals surface area contributed by atoms with Crippen molar-refractivity contribution in [3.05, 3.63) is 23.3 Å². The standard InChI is InChI=1S/C19H26O4/c1-19-6-5-11-12(14(19)9-16(21)18(19)22)4-3-10-7-15(20)17(23-2)8-13(10)11/h7-8,11-12,14,16,18,20-22H,3-6,9H2,1-2H3/t11-,12+,14-,16+,18-,19-/m0/s1. The molecule has 0 heterocycles. The van der Waals surface area contributed by atoms with E-state index in [0.29, 0.717) is 29.9 Å². The van der Waals surface area contributed by atoms with Crippen LogP contribution in [0.3, 0.4) is 0 Å². The fourth-order valence-corrected chi connectivity index (χ4v) is 5.74. The Morgan fingerprint density at radius 3 is 2.74 bits per heavy atom. The summed E-state index contributed by atoms with van der Waals surface area (Å²) in [6.45, 7) is 2.15. The number of hydrogen-bond donors (Lipinski definition) is 3. The highest BCUT2D eigenvalue weighted by molar-refractivity contribution is 5.49. The number of benzene rings is 1. The van der Waals surface area contributed by atoms with E-state index in [1.54, 1.807) is 7.11 Å². The SMILES string of the molecule is COc1cc2c(cc1O)CC[C@@H]1[C@@H]2CC[C@]2(C)[C@@H](O)[C@H](O)C[C@@H]12. The van der Waals surface area contributed by atoms with Gasteiger partial charge in [0.2, 0.25) is 0 Å². The van der Waals surface area contributed by atoms with Crippen LogP contribution in [0, 0.1) is 17.3 Å². The third kappa shape index (κ3) is 2.04. The Bertz CT molecular complexity index is 628. The smallest absolute Gasteiger partial charge is 0.160 e. The summed E-state index contributed by atoms with van der Waals surface area (Å²) in [7, 11) is 1.59. The van der Waals surface area contributed by atoms with Crippen molar-refractivity contribution in [2.75, 3.05) is 7.11 Å². The maximum atomic E-state index is 10.5. The van der Waals surface area contributed by atoms with Crippen molar-refractivity contribution in [2.45, 2.75) is 57.2 Å². The summed E-state index contributed by atoms with van der Waals surface area (Å²) < 4.78 is 5.30. The molecule has 126 valence electrons. The van der Waals surface area contributed by atoms with Crippen LogP contribution >= 0.6 is 0 Å². The molecule has 0 aliphatic heterocycles. The number of aliphatic hydroxyl groups excluding tert-OH is 2. The summed E-state index contributed by atoms with van der Waals surface area (Å²) in [6.07, 6.45) is 3.53. The molecule has 0 saturated heterocycles. The van der Waals surface area contributed by atoms with Crippen LogP contribution in [-0.2, 0) is 6.42 Å². The van der Waals surface area contributed by atoms with Gasteiger partial charge in [-0.3, -0.25) is 0 Å². The van der Waals surface area contributed by atoms with Gasteiger partial charge in [-0.2, -0.15) is 0 Å². The Kier molecular flexibility index (Phi) is 3.40. The Hall–Kier alpha value is -1.26. The minimum Gasteiger partial charge on any atom is -0.504 e. The molecular formula is C19H26O4. The highest BCUT2D eigenvalue weighted by atomic mass is 16.5. The zero-order valence-electron chi connectivity index (χ0n) is 13.8. The van der Waals surface area contributed by atoms with E-state index in [2.05, 4.69) is 6.92 Å². The molecule has 1 aromatic rings. The fourth-order valence-electron chi connectivity index (χ4n) is 5.74. The Labute approximate surface area is 137 Å². The first-order chi connectivity index (χ1) is 11.0. The predicted octanol–water partition coefficient (Wildman–Crippen LogP) is 2.59. The molecule has 0 radical (unpaired) electrons. The van der Waals surface area contributed by atoms with E-state index >= 15 is 0 Å². The van der Waals surface area contributed by atoms with E-state index in [9.17, 15) is 15.3 Å². The van der Waals surface area contributed by atoms with Gasteiger partial charge in [-0.15, -0.1) is 0 Å². The molecule has 3 aliphatic carbocycles. The molecule has 0 bridgehead atoms. The summed E-state index contributed by atoms with van der Waals surface area (Å²) in [6, 6.07) is 3.86. The average Bonchev–Trinajstić information content (AvgIpc) is 2.77. The van der Waals surface area contributed by atoms with Gasteiger partial charge in [0.15, 0.2) is 11.5 Å². The minimum atomic E-state index is -0.593. The molecule has 1 aromatic carbocycles. The molecule has 2 fully saturated rings. The monoisotopic (exact) mass is 318 g/mol. The molecule has 3 aliphatic rings. The van der Waals surface area contributed by atoms with Crippen LogP contribution in [0.2, 0.25) is 0 Å². The molecule has 0 spiro atoms. The van der Waals surface area contributed by atoms with Crippen molar-refractivity contribution in [3.8, 4) is 11.5 Å². The molecule has 2 saturated carbocycles. The van der Waals surface area contributed by atoms with Crippen LogP contribution in [-0.4, -0.2) is 34.6 Å². The molecule has 4 nitrogen and oxygen atoms in total. The van der Waals surface area contributed by atoms with Crippen LogP contribution in [0.25, 0.3) is 0 Å². The number of fused-ring (bicyclic) bond motifs is 5. The Morgan fingerprint density at radius 2 is 2.00 bits per heavy atom. The summed E-state index contributed by atoms with van der Waals surface area (Å²) >= 11 is 0. The largest absolute Gasteiger partial charge is 0.504 e. The lowest BCUT2D eigenvalue weighted by molar-refractivity contribution is -0.0505. The van der Waals surface area contributed by atoms with Crippen molar-refractivity contribution < 1.29 is 20.1 Å². The van der Waals surface area contributed by atoms with E-state index in [0.717, 1.165) is 25.7 Å². The summed E-state index contributed by atoms with van der Waals surface area (Å²) in [5.74, 6) is 2.09. The first-order valence-corrected chi connectivity index (χ1v) is 8.71. The second kappa shape index (κ2) is 5.12. The number of aliphatic hydroxyl groups is 2. The van der Waals surface area contributed by atoms with Crippen molar-refractivity contribution >= 4 is 0 Å². The van der Waals surface area contributed by atoms with E-state index in [1.165, 1.54) is 11.1 Å². The molecule has 0 aromatic heterocycles. The van der Waals surface area contributed by atoms with Gasteiger partial charge in [0.1, 0.15) is 0 Å². The molecule has 3 N–H and O–H groups in total. The van der Waals surface area contributed by atoms with E-state index < -0.39 is 12.2 Å². The molecule has 4 rings (SSSR count). The number of phenolic OH excluding ortho intramolecular Hbond substituents is 1. The summed E-state index contributed by atoms with van der Waals surface area (Å²) in [4.78, 5) is 0. The lowest BCUT2D eigenvalue weighted by Gasteiger charge is -2.49. The molecular weight excluding hydrogens is 292 g/mol. The maximum Gasteiger partial charge on any atom is 0.160 e. The van der Waals surface area contributed by atoms with E-state index in [-0.39, 0.29) is 11.2 Å². The highest BCUT2D eigenvalue weighted by Gasteiger charge is 2.57. The number of aromatic hydroxyl groups is 1. The van der Waals surface area contributed by atoms with Gasteiger partial charge in [0, 0.05) is 0 Å². The first kappa shape index (κ1) is 15.3. The molecule has 4 heteroatoms. The van der Waals surface area contributed by atoms with Gasteiger partial charge in [-0.25, -0.2) is 0 Å². The van der Waals surface area contributed by atoms with Gasteiger partial charge in [-0.1, -0.05) is 6.92 Å². The Morgan fingerprint density at radius 1 is 1.22 bits per heavy atom. The number of aryl methyl sites for hydroxylation is 1.